The quantitative estimate of drug-likeness (QED) is 0.633. The van der Waals surface area contributed by atoms with Crippen molar-refractivity contribution in [3.63, 3.8) is 0 Å². The second-order valence-corrected chi connectivity index (χ2v) is 5.70. The van der Waals surface area contributed by atoms with Gasteiger partial charge < -0.3 is 15.3 Å². The lowest BCUT2D eigenvalue weighted by atomic mass is 10.0. The molecule has 0 saturated heterocycles. The molecule has 0 spiro atoms. The first kappa shape index (κ1) is 17.8. The first-order valence-corrected chi connectivity index (χ1v) is 7.78. The number of pyridine rings is 1. The molecule has 3 aromatic rings. The lowest BCUT2D eigenvalue weighted by molar-refractivity contribution is 0.0686. The molecule has 1 aromatic heterocycles. The van der Waals surface area contributed by atoms with Crippen molar-refractivity contribution in [3.8, 4) is 22.5 Å². The second-order valence-electron chi connectivity index (χ2n) is 5.70. The van der Waals surface area contributed by atoms with E-state index in [0.29, 0.717) is 22.5 Å². The molecule has 0 aliphatic rings. The van der Waals surface area contributed by atoms with Crippen LogP contribution >= 0.6 is 0 Å². The van der Waals surface area contributed by atoms with Crippen LogP contribution < -0.4 is 0 Å². The summed E-state index contributed by atoms with van der Waals surface area (Å²) < 4.78 is 0. The maximum absolute atomic E-state index is 11.5. The number of aromatic carboxylic acids is 3. The molecule has 3 rings (SSSR count). The Morgan fingerprint density at radius 1 is 0.556 bits per heavy atom. The van der Waals surface area contributed by atoms with Gasteiger partial charge >= 0.3 is 17.9 Å². The molecule has 0 radical (unpaired) electrons. The summed E-state index contributed by atoms with van der Waals surface area (Å²) >= 11 is 0. The number of rotatable bonds is 5. The minimum Gasteiger partial charge on any atom is -0.478 e. The zero-order chi connectivity index (χ0) is 19.6. The van der Waals surface area contributed by atoms with E-state index >= 15 is 0 Å². The molecule has 0 aliphatic carbocycles. The molecule has 0 atom stereocenters. The molecule has 0 aliphatic heterocycles. The van der Waals surface area contributed by atoms with Gasteiger partial charge in [-0.05, 0) is 36.4 Å². The monoisotopic (exact) mass is 363 g/mol. The van der Waals surface area contributed by atoms with Crippen molar-refractivity contribution in [2.24, 2.45) is 0 Å². The number of benzene rings is 2. The molecular weight excluding hydrogens is 350 g/mol. The maximum atomic E-state index is 11.5. The minimum absolute atomic E-state index is 0.0135. The lowest BCUT2D eigenvalue weighted by Gasteiger charge is -2.08. The Morgan fingerprint density at radius 3 is 1.19 bits per heavy atom. The predicted molar refractivity (Wildman–Crippen MR) is 96.0 cm³/mol. The molecule has 0 unspecified atom stereocenters. The van der Waals surface area contributed by atoms with Gasteiger partial charge in [0.15, 0.2) is 0 Å². The Morgan fingerprint density at radius 2 is 0.889 bits per heavy atom. The number of aromatic nitrogens is 1. The van der Waals surface area contributed by atoms with Crippen LogP contribution in [0.25, 0.3) is 22.5 Å². The van der Waals surface area contributed by atoms with Crippen molar-refractivity contribution in [2.45, 2.75) is 0 Å². The Balaban J connectivity index is 2.08. The van der Waals surface area contributed by atoms with Crippen LogP contribution in [0.4, 0.5) is 0 Å². The van der Waals surface area contributed by atoms with E-state index in [2.05, 4.69) is 4.98 Å². The zero-order valence-corrected chi connectivity index (χ0v) is 13.8. The third-order valence-electron chi connectivity index (χ3n) is 3.93. The van der Waals surface area contributed by atoms with Crippen molar-refractivity contribution >= 4 is 17.9 Å². The molecule has 0 saturated carbocycles. The van der Waals surface area contributed by atoms with Gasteiger partial charge in [0.1, 0.15) is 0 Å². The number of carboxylic acid groups (broad SMARTS) is 3. The van der Waals surface area contributed by atoms with E-state index in [-0.39, 0.29) is 16.7 Å². The van der Waals surface area contributed by atoms with Gasteiger partial charge in [-0.25, -0.2) is 19.4 Å². The summed E-state index contributed by atoms with van der Waals surface area (Å²) in [5.74, 6) is -3.26. The molecule has 7 heteroatoms. The van der Waals surface area contributed by atoms with Crippen LogP contribution in [0.15, 0.2) is 60.7 Å². The van der Waals surface area contributed by atoms with E-state index in [4.69, 9.17) is 10.2 Å². The number of carbonyl (C=O) groups is 3. The normalized spacial score (nSPS) is 10.4. The summed E-state index contributed by atoms with van der Waals surface area (Å²) in [6.45, 7) is 0. The fourth-order valence-electron chi connectivity index (χ4n) is 2.52. The zero-order valence-electron chi connectivity index (χ0n) is 13.8. The van der Waals surface area contributed by atoms with E-state index < -0.39 is 17.9 Å². The van der Waals surface area contributed by atoms with Gasteiger partial charge in [0.05, 0.1) is 28.1 Å². The molecule has 134 valence electrons. The second kappa shape index (κ2) is 7.09. The van der Waals surface area contributed by atoms with Gasteiger partial charge in [0.2, 0.25) is 0 Å². The average molecular weight is 363 g/mol. The molecule has 0 fully saturated rings. The lowest BCUT2D eigenvalue weighted by Crippen LogP contribution is -2.01. The molecule has 2 aromatic carbocycles. The molecule has 27 heavy (non-hydrogen) atoms. The van der Waals surface area contributed by atoms with E-state index in [1.54, 1.807) is 24.3 Å². The Labute approximate surface area is 153 Å². The predicted octanol–water partition coefficient (Wildman–Crippen LogP) is 3.51. The summed E-state index contributed by atoms with van der Waals surface area (Å²) in [7, 11) is 0. The highest BCUT2D eigenvalue weighted by Crippen LogP contribution is 2.25. The molecule has 0 amide bonds. The summed E-state index contributed by atoms with van der Waals surface area (Å²) in [5, 5.41) is 27.3. The largest absolute Gasteiger partial charge is 0.478 e. The van der Waals surface area contributed by atoms with Crippen molar-refractivity contribution in [3.05, 3.63) is 77.4 Å². The van der Waals surface area contributed by atoms with E-state index in [9.17, 15) is 19.5 Å². The topological polar surface area (TPSA) is 125 Å². The van der Waals surface area contributed by atoms with Crippen molar-refractivity contribution in [2.75, 3.05) is 0 Å². The average Bonchev–Trinajstić information content (AvgIpc) is 2.67. The molecule has 1 heterocycles. The Hall–Kier alpha value is -4.00. The summed E-state index contributed by atoms with van der Waals surface area (Å²) in [6, 6.07) is 14.6. The summed E-state index contributed by atoms with van der Waals surface area (Å²) in [4.78, 5) is 37.9. The van der Waals surface area contributed by atoms with Crippen molar-refractivity contribution < 1.29 is 29.7 Å². The smallest absolute Gasteiger partial charge is 0.335 e. The third-order valence-corrected chi connectivity index (χ3v) is 3.93. The van der Waals surface area contributed by atoms with Gasteiger partial charge in [-0.1, -0.05) is 24.3 Å². The van der Waals surface area contributed by atoms with E-state index in [1.165, 1.54) is 36.4 Å². The van der Waals surface area contributed by atoms with Gasteiger partial charge in [0.25, 0.3) is 0 Å². The maximum Gasteiger partial charge on any atom is 0.335 e. The van der Waals surface area contributed by atoms with Crippen LogP contribution in [0.5, 0.6) is 0 Å². The number of carboxylic acids is 3. The highest BCUT2D eigenvalue weighted by molar-refractivity contribution is 5.92. The standard InChI is InChI=1S/C20H13NO6/c22-18(23)13-5-1-11(2-6-13)16-9-15(20(26)27)10-17(21-16)12-3-7-14(8-4-12)19(24)25/h1-10H,(H,22,23)(H,24,25)(H,26,27). The summed E-state index contributed by atoms with van der Waals surface area (Å²) in [5.41, 5.74) is 2.08. The summed E-state index contributed by atoms with van der Waals surface area (Å²) in [6.07, 6.45) is 0. The molecule has 0 bridgehead atoms. The van der Waals surface area contributed by atoms with Gasteiger partial charge in [-0.15, -0.1) is 0 Å². The fourth-order valence-corrected chi connectivity index (χ4v) is 2.52. The highest BCUT2D eigenvalue weighted by Gasteiger charge is 2.13. The molecule has 3 N–H and O–H groups in total. The van der Waals surface area contributed by atoms with Crippen LogP contribution in [0.2, 0.25) is 0 Å². The number of nitrogens with zero attached hydrogens (tertiary/aromatic N) is 1. The Bertz CT molecular complexity index is 963. The minimum atomic E-state index is -1.13. The van der Waals surface area contributed by atoms with Crippen LogP contribution in [0.3, 0.4) is 0 Å². The highest BCUT2D eigenvalue weighted by atomic mass is 16.4. The van der Waals surface area contributed by atoms with E-state index in [0.717, 1.165) is 0 Å². The first-order valence-electron chi connectivity index (χ1n) is 7.78. The van der Waals surface area contributed by atoms with Crippen molar-refractivity contribution in [1.29, 1.82) is 0 Å². The first-order chi connectivity index (χ1) is 12.8. The van der Waals surface area contributed by atoms with Gasteiger partial charge in [-0.2, -0.15) is 0 Å². The van der Waals surface area contributed by atoms with Crippen LogP contribution in [0.1, 0.15) is 31.1 Å². The molecular formula is C20H13NO6. The number of hydrogen-bond acceptors (Lipinski definition) is 4. The third kappa shape index (κ3) is 3.82. The SMILES string of the molecule is O=C(O)c1ccc(-c2cc(C(=O)O)cc(-c3ccc(C(=O)O)cc3)n2)cc1. The van der Waals surface area contributed by atoms with Crippen LogP contribution in [-0.2, 0) is 0 Å². The van der Waals surface area contributed by atoms with Crippen molar-refractivity contribution in [1.82, 2.24) is 4.98 Å². The van der Waals surface area contributed by atoms with Gasteiger partial charge in [-0.3, -0.25) is 0 Å². The van der Waals surface area contributed by atoms with Crippen LogP contribution in [0, 0.1) is 0 Å². The fraction of sp³-hybridized carbons (Fsp3) is 0. The number of hydrogen-bond donors (Lipinski definition) is 3. The van der Waals surface area contributed by atoms with E-state index in [1.807, 2.05) is 0 Å². The Kier molecular flexibility index (Phi) is 4.68. The molecule has 7 nitrogen and oxygen atoms in total. The van der Waals surface area contributed by atoms with Gasteiger partial charge in [0, 0.05) is 11.1 Å². The van der Waals surface area contributed by atoms with Crippen LogP contribution in [-0.4, -0.2) is 38.2 Å².